The summed E-state index contributed by atoms with van der Waals surface area (Å²) in [5.41, 5.74) is 1.42. The fraction of sp³-hybridized carbons (Fsp3) is 0.478. The van der Waals surface area contributed by atoms with Crippen LogP contribution in [0.5, 0.6) is 5.75 Å². The summed E-state index contributed by atoms with van der Waals surface area (Å²) >= 11 is 0. The predicted octanol–water partition coefficient (Wildman–Crippen LogP) is 3.57. The minimum absolute atomic E-state index is 0.0207. The van der Waals surface area contributed by atoms with Gasteiger partial charge in [0.05, 0.1) is 5.56 Å². The first-order valence-electron chi connectivity index (χ1n) is 10.3. The summed E-state index contributed by atoms with van der Waals surface area (Å²) in [5.74, 6) is 2.48. The van der Waals surface area contributed by atoms with Gasteiger partial charge in [0.1, 0.15) is 22.9 Å². The lowest BCUT2D eigenvalue weighted by molar-refractivity contribution is -0.121. The van der Waals surface area contributed by atoms with Gasteiger partial charge < -0.3 is 19.4 Å². The molecule has 1 spiro atoms. The number of para-hydroxylation sites is 1. The van der Waals surface area contributed by atoms with E-state index in [2.05, 4.69) is 11.4 Å². The Kier molecular flexibility index (Phi) is 5.11. The lowest BCUT2D eigenvalue weighted by Crippen LogP contribution is -2.52. The molecule has 1 aromatic heterocycles. The van der Waals surface area contributed by atoms with E-state index in [0.717, 1.165) is 36.3 Å². The summed E-state index contributed by atoms with van der Waals surface area (Å²) in [6, 6.07) is 9.82. The second-order valence-corrected chi connectivity index (χ2v) is 8.22. The smallest absolute Gasteiger partial charge is 0.257 e. The molecule has 0 unspecified atom stereocenters. The highest BCUT2D eigenvalue weighted by Gasteiger charge is 2.44. The van der Waals surface area contributed by atoms with Gasteiger partial charge >= 0.3 is 0 Å². The van der Waals surface area contributed by atoms with Crippen molar-refractivity contribution in [1.29, 1.82) is 0 Å². The molecule has 2 amide bonds. The van der Waals surface area contributed by atoms with Crippen molar-refractivity contribution in [2.75, 3.05) is 20.1 Å². The quantitative estimate of drug-likeness (QED) is 0.861. The minimum atomic E-state index is -0.328. The molecule has 29 heavy (non-hydrogen) atoms. The van der Waals surface area contributed by atoms with Crippen LogP contribution in [0.2, 0.25) is 0 Å². The average Bonchev–Trinajstić information content (AvgIpc) is 3.06. The molecule has 2 aliphatic heterocycles. The highest BCUT2D eigenvalue weighted by atomic mass is 16.5. The molecule has 6 nitrogen and oxygen atoms in total. The van der Waals surface area contributed by atoms with Gasteiger partial charge in [0.25, 0.3) is 5.91 Å². The Morgan fingerprint density at radius 3 is 2.59 bits per heavy atom. The van der Waals surface area contributed by atoms with Crippen LogP contribution in [0.25, 0.3) is 0 Å². The molecular weight excluding hydrogens is 368 g/mol. The Morgan fingerprint density at radius 1 is 1.21 bits per heavy atom. The van der Waals surface area contributed by atoms with E-state index < -0.39 is 0 Å². The van der Waals surface area contributed by atoms with E-state index in [9.17, 15) is 9.59 Å². The number of piperidine rings is 1. The molecule has 1 atom stereocenters. The van der Waals surface area contributed by atoms with Crippen LogP contribution in [-0.2, 0) is 4.79 Å². The number of aryl methyl sites for hydroxylation is 2. The third kappa shape index (κ3) is 3.76. The average molecular weight is 396 g/mol. The zero-order chi connectivity index (χ0) is 20.6. The lowest BCUT2D eigenvalue weighted by atomic mass is 9.76. The van der Waals surface area contributed by atoms with Gasteiger partial charge in [-0.1, -0.05) is 18.2 Å². The Hall–Kier alpha value is -2.76. The number of rotatable bonds is 3. The zero-order valence-electron chi connectivity index (χ0n) is 17.3. The number of nitrogens with one attached hydrogen (secondary N) is 1. The van der Waals surface area contributed by atoms with Gasteiger partial charge in [-0.25, -0.2) is 0 Å². The van der Waals surface area contributed by atoms with Gasteiger partial charge in [-0.3, -0.25) is 9.59 Å². The number of benzene rings is 1. The fourth-order valence-corrected chi connectivity index (χ4v) is 4.69. The predicted molar refractivity (Wildman–Crippen MR) is 109 cm³/mol. The zero-order valence-corrected chi connectivity index (χ0v) is 17.3. The van der Waals surface area contributed by atoms with E-state index in [1.165, 1.54) is 0 Å². The van der Waals surface area contributed by atoms with E-state index in [4.69, 9.17) is 9.15 Å². The van der Waals surface area contributed by atoms with Crippen LogP contribution in [0.3, 0.4) is 0 Å². The number of amides is 2. The molecular formula is C23H28N2O4. The Bertz CT molecular complexity index is 925. The molecule has 0 bridgehead atoms. The van der Waals surface area contributed by atoms with Gasteiger partial charge in [0.2, 0.25) is 5.91 Å². The molecule has 6 heteroatoms. The van der Waals surface area contributed by atoms with Crippen LogP contribution in [0.1, 0.15) is 59.0 Å². The largest absolute Gasteiger partial charge is 0.487 e. The third-order valence-electron chi connectivity index (χ3n) is 6.25. The number of carbonyl (C=O) groups is 2. The van der Waals surface area contributed by atoms with Crippen molar-refractivity contribution >= 4 is 11.8 Å². The Balaban J connectivity index is 1.51. The van der Waals surface area contributed by atoms with Gasteiger partial charge in [0.15, 0.2) is 0 Å². The van der Waals surface area contributed by atoms with Gasteiger partial charge in [0, 0.05) is 45.3 Å². The molecule has 2 aliphatic rings. The van der Waals surface area contributed by atoms with Gasteiger partial charge in [-0.05, 0) is 38.0 Å². The normalized spacial score (nSPS) is 20.1. The molecule has 4 rings (SSSR count). The first kappa shape index (κ1) is 19.6. The SMILES string of the molecule is CNC(=O)C[C@H]1CC2(CCN(C(=O)c3cc(C)oc3C)CC2)Oc2ccccc21. The number of nitrogens with zero attached hydrogens (tertiary/aromatic N) is 1. The fourth-order valence-electron chi connectivity index (χ4n) is 4.69. The first-order valence-corrected chi connectivity index (χ1v) is 10.3. The minimum Gasteiger partial charge on any atom is -0.487 e. The second-order valence-electron chi connectivity index (χ2n) is 8.22. The van der Waals surface area contributed by atoms with Crippen molar-refractivity contribution < 1.29 is 18.7 Å². The number of fused-ring (bicyclic) bond motifs is 1. The topological polar surface area (TPSA) is 71.8 Å². The number of hydrogen-bond donors (Lipinski definition) is 1. The van der Waals surface area contributed by atoms with Crippen molar-refractivity contribution in [3.05, 3.63) is 53.0 Å². The number of furan rings is 1. The molecule has 0 radical (unpaired) electrons. The molecule has 1 saturated heterocycles. The Morgan fingerprint density at radius 2 is 1.93 bits per heavy atom. The van der Waals surface area contributed by atoms with Crippen LogP contribution in [-0.4, -0.2) is 42.5 Å². The monoisotopic (exact) mass is 396 g/mol. The van der Waals surface area contributed by atoms with Crippen molar-refractivity contribution in [2.45, 2.75) is 51.0 Å². The number of likely N-dealkylation sites (tertiary alicyclic amines) is 1. The number of ether oxygens (including phenoxy) is 1. The maximum absolute atomic E-state index is 12.9. The molecule has 1 N–H and O–H groups in total. The van der Waals surface area contributed by atoms with E-state index >= 15 is 0 Å². The van der Waals surface area contributed by atoms with Gasteiger partial charge in [-0.15, -0.1) is 0 Å². The standard InChI is InChI=1S/C23H28N2O4/c1-15-12-19(16(2)28-15)22(27)25-10-8-23(9-11-25)14-17(13-21(26)24-3)18-6-4-5-7-20(18)29-23/h4-7,12,17H,8-11,13-14H2,1-3H3,(H,24,26)/t17-/m0/s1. The summed E-state index contributed by atoms with van der Waals surface area (Å²) in [4.78, 5) is 26.9. The first-order chi connectivity index (χ1) is 13.9. The van der Waals surface area contributed by atoms with Crippen molar-refractivity contribution in [1.82, 2.24) is 10.2 Å². The molecule has 0 aliphatic carbocycles. The summed E-state index contributed by atoms with van der Waals surface area (Å²) in [6.45, 7) is 4.96. The van der Waals surface area contributed by atoms with Crippen LogP contribution in [0, 0.1) is 13.8 Å². The van der Waals surface area contributed by atoms with Gasteiger partial charge in [-0.2, -0.15) is 0 Å². The van der Waals surface area contributed by atoms with Crippen LogP contribution in [0.15, 0.2) is 34.7 Å². The van der Waals surface area contributed by atoms with Crippen LogP contribution < -0.4 is 10.1 Å². The molecule has 154 valence electrons. The van der Waals surface area contributed by atoms with E-state index in [1.54, 1.807) is 7.05 Å². The third-order valence-corrected chi connectivity index (χ3v) is 6.25. The van der Waals surface area contributed by atoms with Crippen molar-refractivity contribution in [3.63, 3.8) is 0 Å². The highest BCUT2D eigenvalue weighted by molar-refractivity contribution is 5.95. The Labute approximate surface area is 171 Å². The lowest BCUT2D eigenvalue weighted by Gasteiger charge is -2.46. The molecule has 1 fully saturated rings. The van der Waals surface area contributed by atoms with E-state index in [0.29, 0.717) is 30.8 Å². The molecule has 2 aromatic rings. The molecule has 0 saturated carbocycles. The van der Waals surface area contributed by atoms with Crippen molar-refractivity contribution in [3.8, 4) is 5.75 Å². The summed E-state index contributed by atoms with van der Waals surface area (Å²) in [5, 5.41) is 2.74. The molecule has 3 heterocycles. The summed E-state index contributed by atoms with van der Waals surface area (Å²) < 4.78 is 12.0. The van der Waals surface area contributed by atoms with Crippen molar-refractivity contribution in [2.24, 2.45) is 0 Å². The maximum Gasteiger partial charge on any atom is 0.257 e. The number of hydrogen-bond acceptors (Lipinski definition) is 4. The highest BCUT2D eigenvalue weighted by Crippen LogP contribution is 2.46. The van der Waals surface area contributed by atoms with Crippen LogP contribution >= 0.6 is 0 Å². The molecule has 1 aromatic carbocycles. The second kappa shape index (κ2) is 7.58. The van der Waals surface area contributed by atoms with E-state index in [1.807, 2.05) is 43.0 Å². The van der Waals surface area contributed by atoms with E-state index in [-0.39, 0.29) is 23.3 Å². The number of carbonyl (C=O) groups excluding carboxylic acids is 2. The van der Waals surface area contributed by atoms with Crippen LogP contribution in [0.4, 0.5) is 0 Å². The maximum atomic E-state index is 12.9. The summed E-state index contributed by atoms with van der Waals surface area (Å²) in [6.07, 6.45) is 2.76. The summed E-state index contributed by atoms with van der Waals surface area (Å²) in [7, 11) is 1.67.